The summed E-state index contributed by atoms with van der Waals surface area (Å²) in [6, 6.07) is 5.19. The molecule has 30 heavy (non-hydrogen) atoms. The summed E-state index contributed by atoms with van der Waals surface area (Å²) in [7, 11) is 0. The van der Waals surface area contributed by atoms with E-state index in [1.807, 2.05) is 0 Å². The molecule has 0 radical (unpaired) electrons. The monoisotopic (exact) mass is 437 g/mol. The van der Waals surface area contributed by atoms with Crippen molar-refractivity contribution in [3.63, 3.8) is 0 Å². The summed E-state index contributed by atoms with van der Waals surface area (Å²) in [4.78, 5) is 11.4. The van der Waals surface area contributed by atoms with Gasteiger partial charge in [-0.25, -0.2) is 22.6 Å². The van der Waals surface area contributed by atoms with Gasteiger partial charge in [0.25, 0.3) is 0 Å². The molecule has 2 aromatic carbocycles. The minimum absolute atomic E-state index is 0.0932. The Kier molecular flexibility index (Phi) is 5.36. The highest BCUT2D eigenvalue weighted by molar-refractivity contribution is 8.15. The van der Waals surface area contributed by atoms with Crippen LogP contribution in [0, 0.1) is 29.2 Å². The van der Waals surface area contributed by atoms with E-state index in [0.717, 1.165) is 42.1 Å². The van der Waals surface area contributed by atoms with Crippen LogP contribution < -0.4 is 5.73 Å². The lowest BCUT2D eigenvalue weighted by molar-refractivity contribution is -0.134. The number of carbonyl (C=O) groups excluding carboxylic acids is 1. The zero-order valence-electron chi connectivity index (χ0n) is 16.1. The molecule has 2 aliphatic rings. The summed E-state index contributed by atoms with van der Waals surface area (Å²) < 4.78 is 56.5. The van der Waals surface area contributed by atoms with Crippen LogP contribution in [-0.4, -0.2) is 22.5 Å². The fourth-order valence-corrected chi connectivity index (χ4v) is 5.93. The van der Waals surface area contributed by atoms with Crippen LogP contribution in [0.2, 0.25) is 0 Å². The molecule has 4 rings (SSSR count). The first-order chi connectivity index (χ1) is 14.3. The third-order valence-corrected chi connectivity index (χ3v) is 7.11. The maximum Gasteiger partial charge on any atom is 0.241 e. The molecule has 0 unspecified atom stereocenters. The number of nitrogens with two attached hydrogens (primary N) is 1. The Labute approximate surface area is 175 Å². The SMILES string of the molecule is CC(=O)N1N=C(c2cc(F)ccc2F)S[C@]12c1cc(F)c(F)cc1CC[C@H]2CCN. The lowest BCUT2D eigenvalue weighted by atomic mass is 9.77. The summed E-state index contributed by atoms with van der Waals surface area (Å²) in [5.41, 5.74) is 6.67. The molecule has 1 spiro atoms. The van der Waals surface area contributed by atoms with Crippen molar-refractivity contribution < 1.29 is 22.4 Å². The van der Waals surface area contributed by atoms with Crippen molar-refractivity contribution in [2.45, 2.75) is 31.1 Å². The van der Waals surface area contributed by atoms with E-state index in [4.69, 9.17) is 5.73 Å². The van der Waals surface area contributed by atoms with Crippen LogP contribution in [0.1, 0.15) is 36.5 Å². The molecule has 1 aliphatic heterocycles. The third kappa shape index (κ3) is 3.20. The minimum atomic E-state index is -1.22. The lowest BCUT2D eigenvalue weighted by Gasteiger charge is -2.45. The summed E-state index contributed by atoms with van der Waals surface area (Å²) in [6.45, 7) is 1.60. The number of benzene rings is 2. The Morgan fingerprint density at radius 1 is 1.20 bits per heavy atom. The number of hydrazone groups is 1. The minimum Gasteiger partial charge on any atom is -0.330 e. The van der Waals surface area contributed by atoms with E-state index in [-0.39, 0.29) is 16.5 Å². The zero-order valence-corrected chi connectivity index (χ0v) is 16.9. The summed E-state index contributed by atoms with van der Waals surface area (Å²) in [5, 5.41) is 5.61. The zero-order chi connectivity index (χ0) is 21.6. The van der Waals surface area contributed by atoms with Crippen molar-refractivity contribution in [2.75, 3.05) is 6.54 Å². The van der Waals surface area contributed by atoms with Crippen LogP contribution in [0.5, 0.6) is 0 Å². The van der Waals surface area contributed by atoms with E-state index in [9.17, 15) is 22.4 Å². The maximum atomic E-state index is 14.5. The van der Waals surface area contributed by atoms with E-state index in [2.05, 4.69) is 5.10 Å². The molecule has 1 amide bonds. The van der Waals surface area contributed by atoms with Crippen molar-refractivity contribution in [3.8, 4) is 0 Å². The van der Waals surface area contributed by atoms with Gasteiger partial charge in [-0.2, -0.15) is 5.10 Å². The van der Waals surface area contributed by atoms with Crippen molar-refractivity contribution in [3.05, 3.63) is 70.3 Å². The fourth-order valence-electron chi connectivity index (χ4n) is 4.29. The van der Waals surface area contributed by atoms with E-state index >= 15 is 0 Å². The highest BCUT2D eigenvalue weighted by atomic mass is 32.2. The number of fused-ring (bicyclic) bond motifs is 2. The highest BCUT2D eigenvalue weighted by Gasteiger charge is 2.55. The van der Waals surface area contributed by atoms with Gasteiger partial charge in [0.1, 0.15) is 21.5 Å². The topological polar surface area (TPSA) is 58.7 Å². The number of aryl methyl sites for hydroxylation is 1. The van der Waals surface area contributed by atoms with Gasteiger partial charge in [0.2, 0.25) is 5.91 Å². The molecule has 0 bridgehead atoms. The molecule has 4 nitrogen and oxygen atoms in total. The molecular formula is C21H19F4N3OS. The Hall–Kier alpha value is -2.39. The number of amides is 1. The van der Waals surface area contributed by atoms with Crippen molar-refractivity contribution >= 4 is 22.7 Å². The van der Waals surface area contributed by atoms with Crippen LogP contribution >= 0.6 is 11.8 Å². The Morgan fingerprint density at radius 2 is 1.93 bits per heavy atom. The van der Waals surface area contributed by atoms with E-state index in [1.165, 1.54) is 11.9 Å². The summed E-state index contributed by atoms with van der Waals surface area (Å²) >= 11 is 1.06. The molecule has 1 heterocycles. The van der Waals surface area contributed by atoms with Gasteiger partial charge in [-0.1, -0.05) is 11.8 Å². The third-order valence-electron chi connectivity index (χ3n) is 5.58. The average molecular weight is 437 g/mol. The van der Waals surface area contributed by atoms with Crippen LogP contribution in [0.25, 0.3) is 0 Å². The molecule has 0 saturated heterocycles. The van der Waals surface area contributed by atoms with E-state index < -0.39 is 34.0 Å². The molecule has 158 valence electrons. The number of hydrogen-bond donors (Lipinski definition) is 1. The van der Waals surface area contributed by atoms with E-state index in [1.54, 1.807) is 0 Å². The molecule has 2 N–H and O–H groups in total. The lowest BCUT2D eigenvalue weighted by Crippen LogP contribution is -2.49. The van der Waals surface area contributed by atoms with Gasteiger partial charge in [0, 0.05) is 12.5 Å². The van der Waals surface area contributed by atoms with Crippen LogP contribution in [0.3, 0.4) is 0 Å². The molecule has 0 fully saturated rings. The number of halogens is 4. The smallest absolute Gasteiger partial charge is 0.241 e. The van der Waals surface area contributed by atoms with Gasteiger partial charge in [-0.05, 0) is 73.2 Å². The number of rotatable bonds is 3. The summed E-state index contributed by atoms with van der Waals surface area (Å²) in [6.07, 6.45) is 1.53. The number of nitrogens with zero attached hydrogens (tertiary/aromatic N) is 2. The van der Waals surface area contributed by atoms with E-state index in [0.29, 0.717) is 36.9 Å². The number of thioether (sulfide) groups is 1. The van der Waals surface area contributed by atoms with Crippen molar-refractivity contribution in [1.29, 1.82) is 0 Å². The quantitative estimate of drug-likeness (QED) is 0.730. The predicted octanol–water partition coefficient (Wildman–Crippen LogP) is 4.26. The average Bonchev–Trinajstić information content (AvgIpc) is 3.09. The highest BCUT2D eigenvalue weighted by Crippen LogP contribution is 2.57. The molecule has 2 aromatic rings. The number of carbonyl (C=O) groups is 1. The largest absolute Gasteiger partial charge is 0.330 e. The van der Waals surface area contributed by atoms with Gasteiger partial charge in [-0.15, -0.1) is 0 Å². The molecule has 1 aliphatic carbocycles. The van der Waals surface area contributed by atoms with Gasteiger partial charge < -0.3 is 5.73 Å². The Balaban J connectivity index is 1.93. The molecule has 0 aromatic heterocycles. The van der Waals surface area contributed by atoms with Crippen LogP contribution in [0.4, 0.5) is 17.6 Å². The summed E-state index contributed by atoms with van der Waals surface area (Å²) in [5.74, 6) is -4.06. The van der Waals surface area contributed by atoms with Crippen molar-refractivity contribution in [2.24, 2.45) is 16.8 Å². The Morgan fingerprint density at radius 3 is 2.63 bits per heavy atom. The predicted molar refractivity (Wildman–Crippen MR) is 107 cm³/mol. The van der Waals surface area contributed by atoms with Crippen LogP contribution in [-0.2, 0) is 16.1 Å². The molecular weight excluding hydrogens is 418 g/mol. The standard InChI is InChI=1S/C21H19F4N3OS/c1-11(29)28-21(30-20(27-28)15-9-14(22)4-5-17(15)23)13(6-7-26)3-2-12-8-18(24)19(25)10-16(12)21/h4-5,8-10,13H,2-3,6-7,26H2,1H3/t13-,21+/m0/s1. The van der Waals surface area contributed by atoms with Gasteiger partial charge in [0.15, 0.2) is 11.6 Å². The first-order valence-electron chi connectivity index (χ1n) is 9.50. The molecule has 9 heteroatoms. The second kappa shape index (κ2) is 7.70. The maximum absolute atomic E-state index is 14.5. The van der Waals surface area contributed by atoms with Gasteiger partial charge >= 0.3 is 0 Å². The first-order valence-corrected chi connectivity index (χ1v) is 10.3. The second-order valence-electron chi connectivity index (χ2n) is 7.40. The van der Waals surface area contributed by atoms with Crippen LogP contribution in [0.15, 0.2) is 35.4 Å². The normalized spacial score (nSPS) is 22.9. The fraction of sp³-hybridized carbons (Fsp3) is 0.333. The Bertz CT molecular complexity index is 1060. The molecule has 0 saturated carbocycles. The molecule has 2 atom stereocenters. The van der Waals surface area contributed by atoms with Gasteiger partial charge in [-0.3, -0.25) is 4.79 Å². The first kappa shape index (κ1) is 20.9. The van der Waals surface area contributed by atoms with Crippen molar-refractivity contribution in [1.82, 2.24) is 5.01 Å². The van der Waals surface area contributed by atoms with Gasteiger partial charge in [0.05, 0.1) is 0 Å². The number of hydrogen-bond acceptors (Lipinski definition) is 4. The second-order valence-corrected chi connectivity index (χ2v) is 8.61.